The lowest BCUT2D eigenvalue weighted by Crippen LogP contribution is -2.51. The molecule has 4 saturated carbocycles. The second-order valence-corrected chi connectivity index (χ2v) is 9.66. The summed E-state index contributed by atoms with van der Waals surface area (Å²) in [5, 5.41) is 0. The topological polar surface area (TPSA) is 26.3 Å². The Balaban J connectivity index is 1.87. The molecule has 3 atom stereocenters. The molecule has 2 heteroatoms. The van der Waals surface area contributed by atoms with Gasteiger partial charge in [0.05, 0.1) is 5.41 Å². The van der Waals surface area contributed by atoms with Gasteiger partial charge in [-0.15, -0.1) is 0 Å². The van der Waals surface area contributed by atoms with Gasteiger partial charge in [-0.25, -0.2) is 0 Å². The van der Waals surface area contributed by atoms with Crippen molar-refractivity contribution in [2.75, 3.05) is 0 Å². The molecule has 0 aromatic heterocycles. The molecule has 0 aromatic carbocycles. The monoisotopic (exact) mass is 320 g/mol. The third-order valence-electron chi connectivity index (χ3n) is 7.80. The molecule has 23 heavy (non-hydrogen) atoms. The first kappa shape index (κ1) is 17.3. The molecule has 0 amide bonds. The van der Waals surface area contributed by atoms with Crippen LogP contribution in [0.1, 0.15) is 92.4 Å². The van der Waals surface area contributed by atoms with E-state index in [9.17, 15) is 4.79 Å². The second kappa shape index (κ2) is 5.77. The summed E-state index contributed by atoms with van der Waals surface area (Å²) >= 11 is 0. The van der Waals surface area contributed by atoms with Crippen LogP contribution in [0, 0.1) is 28.6 Å². The number of carbonyl (C=O) groups excluding carboxylic acids is 1. The first-order chi connectivity index (χ1) is 10.8. The molecule has 0 saturated heterocycles. The van der Waals surface area contributed by atoms with Crippen LogP contribution < -0.4 is 0 Å². The van der Waals surface area contributed by atoms with Crippen LogP contribution in [0.4, 0.5) is 0 Å². The van der Waals surface area contributed by atoms with E-state index in [-0.39, 0.29) is 22.4 Å². The van der Waals surface area contributed by atoms with Crippen molar-refractivity contribution in [2.24, 2.45) is 28.6 Å². The molecule has 0 radical (unpaired) electrons. The molecule has 3 unspecified atom stereocenters. The van der Waals surface area contributed by atoms with Crippen molar-refractivity contribution in [2.45, 2.75) is 98.0 Å². The fourth-order valence-corrected chi connectivity index (χ4v) is 6.06. The summed E-state index contributed by atoms with van der Waals surface area (Å²) in [6, 6.07) is 0. The van der Waals surface area contributed by atoms with Crippen LogP contribution in [0.3, 0.4) is 0 Å². The molecule has 132 valence electrons. The zero-order valence-electron chi connectivity index (χ0n) is 15.9. The summed E-state index contributed by atoms with van der Waals surface area (Å²) in [6.45, 7) is 10.7. The largest absolute Gasteiger partial charge is 0.458 e. The molecule has 0 aromatic rings. The van der Waals surface area contributed by atoms with Crippen molar-refractivity contribution in [3.05, 3.63) is 0 Å². The van der Waals surface area contributed by atoms with E-state index in [1.54, 1.807) is 0 Å². The van der Waals surface area contributed by atoms with Gasteiger partial charge < -0.3 is 4.74 Å². The maximum absolute atomic E-state index is 12.9. The maximum Gasteiger partial charge on any atom is 0.312 e. The highest BCUT2D eigenvalue weighted by atomic mass is 16.6. The molecule has 0 N–H and O–H groups in total. The number of hydrogen-bond acceptors (Lipinski definition) is 2. The lowest BCUT2D eigenvalue weighted by molar-refractivity contribution is -0.191. The summed E-state index contributed by atoms with van der Waals surface area (Å²) < 4.78 is 6.41. The van der Waals surface area contributed by atoms with Crippen LogP contribution in [0.5, 0.6) is 0 Å². The smallest absolute Gasteiger partial charge is 0.312 e. The van der Waals surface area contributed by atoms with Crippen LogP contribution in [0.2, 0.25) is 0 Å². The van der Waals surface area contributed by atoms with E-state index in [1.807, 2.05) is 13.8 Å². The van der Waals surface area contributed by atoms with E-state index >= 15 is 0 Å². The number of unbranched alkanes of at least 4 members (excludes halogenated alkanes) is 1. The Morgan fingerprint density at radius 3 is 2.22 bits per heavy atom. The van der Waals surface area contributed by atoms with Crippen LogP contribution >= 0.6 is 0 Å². The predicted molar refractivity (Wildman–Crippen MR) is 94.1 cm³/mol. The van der Waals surface area contributed by atoms with Crippen LogP contribution in [-0.4, -0.2) is 11.6 Å². The Morgan fingerprint density at radius 2 is 1.70 bits per heavy atom. The Kier molecular flexibility index (Phi) is 4.34. The standard InChI is InChI=1S/C21H36O2/c1-6-8-9-20(5,23-18(22)19(3,4)7-2)21-13-15-10-16(14-21)12-17(21)11-15/h15-17H,6-14H2,1-5H3. The van der Waals surface area contributed by atoms with Crippen molar-refractivity contribution in [1.29, 1.82) is 0 Å². The summed E-state index contributed by atoms with van der Waals surface area (Å²) in [6.07, 6.45) is 11.1. The van der Waals surface area contributed by atoms with Crippen molar-refractivity contribution < 1.29 is 9.53 Å². The van der Waals surface area contributed by atoms with Gasteiger partial charge >= 0.3 is 5.97 Å². The van der Waals surface area contributed by atoms with Gasteiger partial charge in [-0.3, -0.25) is 4.79 Å². The number of ether oxygens (including phenoxy) is 1. The first-order valence-electron chi connectivity index (χ1n) is 10.00. The molecular weight excluding hydrogens is 284 g/mol. The lowest BCUT2D eigenvalue weighted by Gasteiger charge is -2.49. The highest BCUT2D eigenvalue weighted by Gasteiger charge is 2.66. The van der Waals surface area contributed by atoms with Crippen molar-refractivity contribution >= 4 is 5.97 Å². The van der Waals surface area contributed by atoms with Gasteiger partial charge in [-0.05, 0) is 89.9 Å². The highest BCUT2D eigenvalue weighted by molar-refractivity contribution is 5.76. The normalized spacial score (nSPS) is 37.9. The first-order valence-corrected chi connectivity index (χ1v) is 10.00. The number of esters is 1. The van der Waals surface area contributed by atoms with Gasteiger partial charge in [0.25, 0.3) is 0 Å². The quantitative estimate of drug-likeness (QED) is 0.559. The van der Waals surface area contributed by atoms with Gasteiger partial charge in [-0.1, -0.05) is 20.3 Å². The molecule has 4 aliphatic carbocycles. The minimum atomic E-state index is -0.361. The van der Waals surface area contributed by atoms with Gasteiger partial charge in [0.15, 0.2) is 0 Å². The molecule has 0 heterocycles. The lowest BCUT2D eigenvalue weighted by atomic mass is 9.63. The number of rotatable bonds is 7. The molecule has 4 fully saturated rings. The molecule has 0 spiro atoms. The molecule has 4 aliphatic rings. The average Bonchev–Trinajstić information content (AvgIpc) is 2.91. The van der Waals surface area contributed by atoms with Gasteiger partial charge in [-0.2, -0.15) is 0 Å². The van der Waals surface area contributed by atoms with Crippen LogP contribution in [0.25, 0.3) is 0 Å². The predicted octanol–water partition coefficient (Wildman–Crippen LogP) is 5.74. The van der Waals surface area contributed by atoms with Crippen molar-refractivity contribution in [3.63, 3.8) is 0 Å². The van der Waals surface area contributed by atoms with E-state index in [0.717, 1.165) is 30.6 Å². The van der Waals surface area contributed by atoms with Crippen LogP contribution in [0.15, 0.2) is 0 Å². The molecule has 4 rings (SSSR count). The fraction of sp³-hybridized carbons (Fsp3) is 0.952. The van der Waals surface area contributed by atoms with Gasteiger partial charge in [0, 0.05) is 5.41 Å². The van der Waals surface area contributed by atoms with Crippen LogP contribution in [-0.2, 0) is 9.53 Å². The van der Waals surface area contributed by atoms with E-state index in [1.165, 1.54) is 44.9 Å². The average molecular weight is 321 g/mol. The minimum absolute atomic E-state index is 0.0270. The molecule has 4 bridgehead atoms. The highest BCUT2D eigenvalue weighted by Crippen LogP contribution is 2.70. The fourth-order valence-electron chi connectivity index (χ4n) is 6.06. The van der Waals surface area contributed by atoms with E-state index in [4.69, 9.17) is 4.74 Å². The zero-order valence-corrected chi connectivity index (χ0v) is 15.9. The summed E-state index contributed by atoms with van der Waals surface area (Å²) in [5.74, 6) is 2.66. The molecule has 2 nitrogen and oxygen atoms in total. The van der Waals surface area contributed by atoms with Crippen molar-refractivity contribution in [1.82, 2.24) is 0 Å². The van der Waals surface area contributed by atoms with Crippen molar-refractivity contribution in [3.8, 4) is 0 Å². The third kappa shape index (κ3) is 2.65. The zero-order chi connectivity index (χ0) is 16.9. The van der Waals surface area contributed by atoms with E-state index < -0.39 is 0 Å². The van der Waals surface area contributed by atoms with E-state index in [0.29, 0.717) is 0 Å². The summed E-state index contributed by atoms with van der Waals surface area (Å²) in [7, 11) is 0. The molecular formula is C21H36O2. The third-order valence-corrected chi connectivity index (χ3v) is 7.80. The number of hydrogen-bond donors (Lipinski definition) is 0. The Labute approximate surface area is 142 Å². The Morgan fingerprint density at radius 1 is 1.09 bits per heavy atom. The number of carbonyl (C=O) groups is 1. The van der Waals surface area contributed by atoms with E-state index in [2.05, 4.69) is 20.8 Å². The Hall–Kier alpha value is -0.530. The summed E-state index contributed by atoms with van der Waals surface area (Å²) in [4.78, 5) is 12.9. The summed E-state index contributed by atoms with van der Waals surface area (Å²) in [5.41, 5.74) is -0.323. The maximum atomic E-state index is 12.9. The second-order valence-electron chi connectivity index (χ2n) is 9.66. The van der Waals surface area contributed by atoms with Gasteiger partial charge in [0.2, 0.25) is 0 Å². The minimum Gasteiger partial charge on any atom is -0.458 e. The Bertz CT molecular complexity index is 452. The molecule has 0 aliphatic heterocycles. The van der Waals surface area contributed by atoms with Gasteiger partial charge in [0.1, 0.15) is 5.60 Å². The SMILES string of the molecule is CCCCC(C)(OC(=O)C(C)(C)CC)C12CC3CC(CC1C3)C2.